The van der Waals surface area contributed by atoms with Crippen LogP contribution in [0.5, 0.6) is 0 Å². The summed E-state index contributed by atoms with van der Waals surface area (Å²) in [5.74, 6) is 0.0974. The van der Waals surface area contributed by atoms with Crippen LogP contribution in [0, 0.1) is 13.8 Å². The molecule has 2 aromatic carbocycles. The van der Waals surface area contributed by atoms with E-state index < -0.39 is 0 Å². The lowest BCUT2D eigenvalue weighted by Crippen LogP contribution is -2.03. The first kappa shape index (κ1) is 12.9. The Hall–Kier alpha value is -1.54. The minimum Gasteiger partial charge on any atom is -0.289 e. The van der Waals surface area contributed by atoms with Crippen molar-refractivity contribution >= 4 is 17.5 Å². The lowest BCUT2D eigenvalue weighted by Gasteiger charge is -2.06. The number of rotatable bonds is 3. The first-order valence-electron chi connectivity index (χ1n) is 5.88. The highest BCUT2D eigenvalue weighted by Crippen LogP contribution is 2.19. The van der Waals surface area contributed by atoms with Crippen LogP contribution in [-0.2, 0) is 0 Å². The molecule has 0 aliphatic rings. The van der Waals surface area contributed by atoms with Gasteiger partial charge in [-0.1, -0.05) is 23.8 Å². The molecule has 0 saturated carbocycles. The lowest BCUT2D eigenvalue weighted by molar-refractivity contribution is 0.103. The van der Waals surface area contributed by atoms with Gasteiger partial charge in [0.2, 0.25) is 0 Å². The van der Waals surface area contributed by atoms with Gasteiger partial charge >= 0.3 is 0 Å². The van der Waals surface area contributed by atoms with E-state index in [1.807, 2.05) is 62.6 Å². The van der Waals surface area contributed by atoms with Crippen LogP contribution in [0.15, 0.2) is 47.4 Å². The molecular formula is C16H16OS. The van der Waals surface area contributed by atoms with E-state index in [1.165, 1.54) is 10.5 Å². The maximum Gasteiger partial charge on any atom is 0.193 e. The van der Waals surface area contributed by atoms with Gasteiger partial charge in [-0.2, -0.15) is 0 Å². The number of thioether (sulfide) groups is 1. The van der Waals surface area contributed by atoms with Gasteiger partial charge in [-0.25, -0.2) is 0 Å². The zero-order valence-corrected chi connectivity index (χ0v) is 11.7. The van der Waals surface area contributed by atoms with Crippen LogP contribution in [0.3, 0.4) is 0 Å². The molecule has 0 fully saturated rings. The van der Waals surface area contributed by atoms with Gasteiger partial charge in [0.25, 0.3) is 0 Å². The predicted octanol–water partition coefficient (Wildman–Crippen LogP) is 4.26. The van der Waals surface area contributed by atoms with Gasteiger partial charge in [-0.05, 0) is 49.9 Å². The van der Waals surface area contributed by atoms with Crippen LogP contribution in [0.4, 0.5) is 0 Å². The summed E-state index contributed by atoms with van der Waals surface area (Å²) in [4.78, 5) is 13.5. The van der Waals surface area contributed by atoms with Gasteiger partial charge in [0.1, 0.15) is 0 Å². The van der Waals surface area contributed by atoms with E-state index in [1.54, 1.807) is 11.8 Å². The van der Waals surface area contributed by atoms with E-state index in [0.29, 0.717) is 0 Å². The molecule has 0 aliphatic carbocycles. The largest absolute Gasteiger partial charge is 0.289 e. The SMILES string of the molecule is CSc1ccc(C(=O)c2ccc(C)cc2C)cc1. The van der Waals surface area contributed by atoms with Crippen molar-refractivity contribution in [1.82, 2.24) is 0 Å². The molecule has 0 amide bonds. The van der Waals surface area contributed by atoms with Crippen molar-refractivity contribution in [2.24, 2.45) is 0 Å². The predicted molar refractivity (Wildman–Crippen MR) is 77.6 cm³/mol. The van der Waals surface area contributed by atoms with Crippen LogP contribution in [0.1, 0.15) is 27.0 Å². The van der Waals surface area contributed by atoms with Crippen LogP contribution in [0.25, 0.3) is 0 Å². The lowest BCUT2D eigenvalue weighted by atomic mass is 9.98. The molecule has 92 valence electrons. The molecule has 0 atom stereocenters. The molecule has 0 spiro atoms. The normalized spacial score (nSPS) is 10.4. The molecule has 0 unspecified atom stereocenters. The third kappa shape index (κ3) is 2.65. The summed E-state index contributed by atoms with van der Waals surface area (Å²) < 4.78 is 0. The Morgan fingerprint density at radius 1 is 1.00 bits per heavy atom. The molecule has 18 heavy (non-hydrogen) atoms. The second kappa shape index (κ2) is 5.40. The van der Waals surface area contributed by atoms with Crippen molar-refractivity contribution in [3.05, 3.63) is 64.7 Å². The van der Waals surface area contributed by atoms with Crippen molar-refractivity contribution in [3.63, 3.8) is 0 Å². The fourth-order valence-corrected chi connectivity index (χ4v) is 2.37. The Kier molecular flexibility index (Phi) is 3.87. The summed E-state index contributed by atoms with van der Waals surface area (Å²) in [7, 11) is 0. The topological polar surface area (TPSA) is 17.1 Å². The maximum absolute atomic E-state index is 12.4. The Bertz CT molecular complexity index is 570. The molecule has 0 heterocycles. The molecule has 0 radical (unpaired) electrons. The van der Waals surface area contributed by atoms with Crippen LogP contribution in [-0.4, -0.2) is 12.0 Å². The van der Waals surface area contributed by atoms with E-state index >= 15 is 0 Å². The molecule has 0 aliphatic heterocycles. The molecule has 0 saturated heterocycles. The van der Waals surface area contributed by atoms with Crippen molar-refractivity contribution in [2.75, 3.05) is 6.26 Å². The number of aryl methyl sites for hydroxylation is 2. The van der Waals surface area contributed by atoms with Crippen molar-refractivity contribution < 1.29 is 4.79 Å². The zero-order valence-electron chi connectivity index (χ0n) is 10.9. The fourth-order valence-electron chi connectivity index (χ4n) is 1.97. The minimum absolute atomic E-state index is 0.0974. The van der Waals surface area contributed by atoms with Crippen LogP contribution >= 0.6 is 11.8 Å². The molecule has 2 heteroatoms. The molecule has 1 nitrogen and oxygen atoms in total. The van der Waals surface area contributed by atoms with E-state index in [-0.39, 0.29) is 5.78 Å². The van der Waals surface area contributed by atoms with Crippen LogP contribution < -0.4 is 0 Å². The van der Waals surface area contributed by atoms with E-state index in [0.717, 1.165) is 16.7 Å². The maximum atomic E-state index is 12.4. The van der Waals surface area contributed by atoms with Crippen molar-refractivity contribution in [2.45, 2.75) is 18.7 Å². The summed E-state index contributed by atoms with van der Waals surface area (Å²) >= 11 is 1.68. The first-order valence-corrected chi connectivity index (χ1v) is 7.10. The third-order valence-corrected chi connectivity index (χ3v) is 3.72. The standard InChI is InChI=1S/C16H16OS/c1-11-4-9-15(12(2)10-11)16(17)13-5-7-14(18-3)8-6-13/h4-10H,1-3H3. The highest BCUT2D eigenvalue weighted by molar-refractivity contribution is 7.98. The zero-order chi connectivity index (χ0) is 13.1. The smallest absolute Gasteiger partial charge is 0.193 e. The number of benzene rings is 2. The summed E-state index contributed by atoms with van der Waals surface area (Å²) in [5, 5.41) is 0. The van der Waals surface area contributed by atoms with E-state index in [4.69, 9.17) is 0 Å². The monoisotopic (exact) mass is 256 g/mol. The minimum atomic E-state index is 0.0974. The van der Waals surface area contributed by atoms with Gasteiger partial charge in [0.15, 0.2) is 5.78 Å². The summed E-state index contributed by atoms with van der Waals surface area (Å²) in [6.07, 6.45) is 2.03. The molecule has 2 rings (SSSR count). The Labute approximate surface area is 112 Å². The quantitative estimate of drug-likeness (QED) is 0.603. The average Bonchev–Trinajstić information content (AvgIpc) is 2.38. The van der Waals surface area contributed by atoms with Gasteiger partial charge in [0, 0.05) is 16.0 Å². The van der Waals surface area contributed by atoms with E-state index in [2.05, 4.69) is 0 Å². The number of hydrogen-bond donors (Lipinski definition) is 0. The second-order valence-corrected chi connectivity index (χ2v) is 5.26. The molecule has 0 aromatic heterocycles. The number of carbonyl (C=O) groups is 1. The van der Waals surface area contributed by atoms with Gasteiger partial charge in [-0.3, -0.25) is 4.79 Å². The Morgan fingerprint density at radius 2 is 1.67 bits per heavy atom. The Balaban J connectivity index is 2.35. The van der Waals surface area contributed by atoms with Gasteiger partial charge < -0.3 is 0 Å². The number of carbonyl (C=O) groups excluding carboxylic acids is 1. The number of hydrogen-bond acceptors (Lipinski definition) is 2. The summed E-state index contributed by atoms with van der Waals surface area (Å²) in [6, 6.07) is 13.7. The summed E-state index contributed by atoms with van der Waals surface area (Å²) in [5.41, 5.74) is 3.76. The highest BCUT2D eigenvalue weighted by Gasteiger charge is 2.11. The molecular weight excluding hydrogens is 240 g/mol. The van der Waals surface area contributed by atoms with Crippen LogP contribution in [0.2, 0.25) is 0 Å². The highest BCUT2D eigenvalue weighted by atomic mass is 32.2. The average molecular weight is 256 g/mol. The first-order chi connectivity index (χ1) is 8.61. The fraction of sp³-hybridized carbons (Fsp3) is 0.188. The Morgan fingerprint density at radius 3 is 2.22 bits per heavy atom. The molecule has 0 bridgehead atoms. The number of ketones is 1. The molecule has 2 aromatic rings. The third-order valence-electron chi connectivity index (χ3n) is 2.98. The summed E-state index contributed by atoms with van der Waals surface area (Å²) in [6.45, 7) is 4.02. The molecule has 0 N–H and O–H groups in total. The van der Waals surface area contributed by atoms with E-state index in [9.17, 15) is 4.79 Å². The van der Waals surface area contributed by atoms with Crippen molar-refractivity contribution in [1.29, 1.82) is 0 Å². The van der Waals surface area contributed by atoms with Gasteiger partial charge in [-0.15, -0.1) is 11.8 Å². The van der Waals surface area contributed by atoms with Crippen molar-refractivity contribution in [3.8, 4) is 0 Å². The van der Waals surface area contributed by atoms with Gasteiger partial charge in [0.05, 0.1) is 0 Å². The second-order valence-electron chi connectivity index (χ2n) is 4.38.